The smallest absolute Gasteiger partial charge is 0.354 e. The van der Waals surface area contributed by atoms with Crippen LogP contribution in [0.5, 0.6) is 0 Å². The SMILES string of the molecule is CNC(=O)c1c(C)sc2nc(Cn3nc(C4CC4)cc3C(F)(F)F)cc(=O)n12. The average molecular weight is 411 g/mol. The summed E-state index contributed by atoms with van der Waals surface area (Å²) in [7, 11) is 1.45. The van der Waals surface area contributed by atoms with Gasteiger partial charge in [-0.15, -0.1) is 11.3 Å². The lowest BCUT2D eigenvalue weighted by Gasteiger charge is -2.10. The second kappa shape index (κ2) is 6.43. The number of hydrogen-bond donors (Lipinski definition) is 1. The lowest BCUT2D eigenvalue weighted by Crippen LogP contribution is -2.26. The third-order valence-electron chi connectivity index (χ3n) is 4.58. The fraction of sp³-hybridized carbons (Fsp3) is 0.412. The van der Waals surface area contributed by atoms with Crippen molar-refractivity contribution in [1.82, 2.24) is 24.5 Å². The molecule has 1 fully saturated rings. The van der Waals surface area contributed by atoms with Crippen LogP contribution in [0.2, 0.25) is 0 Å². The van der Waals surface area contributed by atoms with Crippen molar-refractivity contribution < 1.29 is 18.0 Å². The van der Waals surface area contributed by atoms with Gasteiger partial charge in [0.2, 0.25) is 0 Å². The van der Waals surface area contributed by atoms with Crippen molar-refractivity contribution in [3.05, 3.63) is 50.1 Å². The van der Waals surface area contributed by atoms with E-state index in [1.54, 1.807) is 6.92 Å². The van der Waals surface area contributed by atoms with Gasteiger partial charge in [-0.05, 0) is 25.8 Å². The number of amides is 1. The molecule has 1 aliphatic carbocycles. The van der Waals surface area contributed by atoms with Gasteiger partial charge in [0.25, 0.3) is 11.5 Å². The fourth-order valence-electron chi connectivity index (χ4n) is 3.10. The Morgan fingerprint density at radius 1 is 1.36 bits per heavy atom. The van der Waals surface area contributed by atoms with E-state index in [-0.39, 0.29) is 28.8 Å². The summed E-state index contributed by atoms with van der Waals surface area (Å²) < 4.78 is 42.2. The first kappa shape index (κ1) is 18.7. The van der Waals surface area contributed by atoms with Gasteiger partial charge in [0.1, 0.15) is 11.4 Å². The van der Waals surface area contributed by atoms with E-state index in [4.69, 9.17) is 0 Å². The number of alkyl halides is 3. The Kier molecular flexibility index (Phi) is 4.29. The number of carbonyl (C=O) groups is 1. The first-order valence-corrected chi connectivity index (χ1v) is 9.39. The molecule has 7 nitrogen and oxygen atoms in total. The normalized spacial score (nSPS) is 14.6. The summed E-state index contributed by atoms with van der Waals surface area (Å²) >= 11 is 1.13. The second-order valence-electron chi connectivity index (χ2n) is 6.67. The highest BCUT2D eigenvalue weighted by Crippen LogP contribution is 2.41. The highest BCUT2D eigenvalue weighted by Gasteiger charge is 2.38. The van der Waals surface area contributed by atoms with Crippen molar-refractivity contribution in [3.63, 3.8) is 0 Å². The number of fused-ring (bicyclic) bond motifs is 1. The molecule has 148 valence electrons. The zero-order chi connectivity index (χ0) is 20.2. The van der Waals surface area contributed by atoms with E-state index in [1.807, 2.05) is 0 Å². The summed E-state index contributed by atoms with van der Waals surface area (Å²) in [6.45, 7) is 1.40. The number of hydrogen-bond acceptors (Lipinski definition) is 5. The monoisotopic (exact) mass is 411 g/mol. The maximum atomic E-state index is 13.4. The van der Waals surface area contributed by atoms with Gasteiger partial charge >= 0.3 is 6.18 Å². The van der Waals surface area contributed by atoms with Crippen LogP contribution in [0.15, 0.2) is 16.9 Å². The first-order valence-electron chi connectivity index (χ1n) is 8.58. The van der Waals surface area contributed by atoms with Crippen LogP contribution in [0.1, 0.15) is 51.2 Å². The third-order valence-corrected chi connectivity index (χ3v) is 5.54. The van der Waals surface area contributed by atoms with E-state index in [9.17, 15) is 22.8 Å². The van der Waals surface area contributed by atoms with Crippen molar-refractivity contribution in [3.8, 4) is 0 Å². The highest BCUT2D eigenvalue weighted by atomic mass is 32.1. The molecular formula is C17H16F3N5O2S. The Labute approximate surface area is 160 Å². The fourth-order valence-corrected chi connectivity index (χ4v) is 4.09. The molecule has 0 aliphatic heterocycles. The van der Waals surface area contributed by atoms with Crippen LogP contribution in [0.3, 0.4) is 0 Å². The van der Waals surface area contributed by atoms with Gasteiger partial charge in [0.05, 0.1) is 17.9 Å². The topological polar surface area (TPSA) is 81.3 Å². The molecular weight excluding hydrogens is 395 g/mol. The van der Waals surface area contributed by atoms with Gasteiger partial charge in [-0.25, -0.2) is 9.38 Å². The Bertz CT molecular complexity index is 1140. The van der Waals surface area contributed by atoms with Crippen LogP contribution in [0, 0.1) is 6.92 Å². The predicted molar refractivity (Wildman–Crippen MR) is 95.8 cm³/mol. The molecule has 0 saturated heterocycles. The quantitative estimate of drug-likeness (QED) is 0.716. The molecule has 1 aliphatic rings. The Balaban J connectivity index is 1.77. The molecule has 0 spiro atoms. The summed E-state index contributed by atoms with van der Waals surface area (Å²) in [6, 6.07) is 2.21. The van der Waals surface area contributed by atoms with E-state index in [2.05, 4.69) is 15.4 Å². The molecule has 0 atom stereocenters. The van der Waals surface area contributed by atoms with Crippen molar-refractivity contribution in [1.29, 1.82) is 0 Å². The minimum atomic E-state index is -4.55. The van der Waals surface area contributed by atoms with Crippen LogP contribution in [0.25, 0.3) is 4.96 Å². The Morgan fingerprint density at radius 3 is 2.68 bits per heavy atom. The summed E-state index contributed by atoms with van der Waals surface area (Å²) in [5.74, 6) is -0.362. The first-order chi connectivity index (χ1) is 13.2. The number of aromatic nitrogens is 4. The molecule has 11 heteroatoms. The van der Waals surface area contributed by atoms with Crippen LogP contribution in [-0.2, 0) is 12.7 Å². The van der Waals surface area contributed by atoms with Crippen LogP contribution in [-0.4, -0.2) is 32.1 Å². The average Bonchev–Trinajstić information content (AvgIpc) is 3.27. The summed E-state index contributed by atoms with van der Waals surface area (Å²) in [4.78, 5) is 29.7. The lowest BCUT2D eigenvalue weighted by molar-refractivity contribution is -0.144. The molecule has 1 saturated carbocycles. The minimum Gasteiger partial charge on any atom is -0.354 e. The molecule has 1 N–H and O–H groups in total. The predicted octanol–water partition coefficient (Wildman–Crippen LogP) is 2.57. The number of thiazole rings is 1. The zero-order valence-electron chi connectivity index (χ0n) is 15.0. The van der Waals surface area contributed by atoms with E-state index in [0.717, 1.165) is 41.0 Å². The molecule has 3 aromatic heterocycles. The standard InChI is InChI=1S/C17H16F3N5O2S/c1-8-14(15(27)21-2)25-13(26)5-10(22-16(25)28-8)7-24-12(17(18,19)20)6-11(23-24)9-3-4-9/h5-6,9H,3-4,7H2,1-2H3,(H,21,27). The van der Waals surface area contributed by atoms with Crippen molar-refractivity contribution >= 4 is 22.2 Å². The van der Waals surface area contributed by atoms with E-state index in [0.29, 0.717) is 10.6 Å². The van der Waals surface area contributed by atoms with Gasteiger partial charge in [-0.2, -0.15) is 18.3 Å². The Hall–Kier alpha value is -2.69. The number of nitrogens with zero attached hydrogens (tertiary/aromatic N) is 4. The van der Waals surface area contributed by atoms with E-state index in [1.165, 1.54) is 11.4 Å². The Morgan fingerprint density at radius 2 is 2.07 bits per heavy atom. The van der Waals surface area contributed by atoms with Gasteiger partial charge in [-0.3, -0.25) is 14.3 Å². The summed E-state index contributed by atoms with van der Waals surface area (Å²) in [5.41, 5.74) is -0.627. The van der Waals surface area contributed by atoms with Gasteiger partial charge < -0.3 is 5.32 Å². The second-order valence-corrected chi connectivity index (χ2v) is 7.86. The van der Waals surface area contributed by atoms with Crippen molar-refractivity contribution in [2.75, 3.05) is 7.05 Å². The number of halogens is 3. The molecule has 0 bridgehead atoms. The van der Waals surface area contributed by atoms with Crippen LogP contribution >= 0.6 is 11.3 Å². The minimum absolute atomic E-state index is 0.0680. The molecule has 0 aromatic carbocycles. The van der Waals surface area contributed by atoms with E-state index >= 15 is 0 Å². The highest BCUT2D eigenvalue weighted by molar-refractivity contribution is 7.17. The molecule has 4 rings (SSSR count). The van der Waals surface area contributed by atoms with E-state index < -0.39 is 23.3 Å². The van der Waals surface area contributed by atoms with Crippen molar-refractivity contribution in [2.24, 2.45) is 0 Å². The zero-order valence-corrected chi connectivity index (χ0v) is 15.8. The molecule has 3 aromatic rings. The lowest BCUT2D eigenvalue weighted by atomic mass is 10.2. The van der Waals surface area contributed by atoms with Crippen LogP contribution < -0.4 is 10.9 Å². The third kappa shape index (κ3) is 3.19. The number of aryl methyl sites for hydroxylation is 1. The maximum absolute atomic E-state index is 13.4. The van der Waals surface area contributed by atoms with Crippen molar-refractivity contribution in [2.45, 2.75) is 38.4 Å². The molecule has 1 amide bonds. The molecule has 0 unspecified atom stereocenters. The molecule has 3 heterocycles. The van der Waals surface area contributed by atoms with Gasteiger partial charge in [-0.1, -0.05) is 0 Å². The van der Waals surface area contributed by atoms with Gasteiger partial charge in [0.15, 0.2) is 4.96 Å². The summed E-state index contributed by atoms with van der Waals surface area (Å²) in [6.07, 6.45) is -2.89. The maximum Gasteiger partial charge on any atom is 0.433 e. The molecule has 0 radical (unpaired) electrons. The largest absolute Gasteiger partial charge is 0.433 e. The number of carbonyl (C=O) groups excluding carboxylic acids is 1. The van der Waals surface area contributed by atoms with Crippen LogP contribution in [0.4, 0.5) is 13.2 Å². The summed E-state index contributed by atoms with van der Waals surface area (Å²) in [5, 5.41) is 6.56. The van der Waals surface area contributed by atoms with Gasteiger partial charge in [0, 0.05) is 23.9 Å². The number of nitrogens with one attached hydrogen (secondary N) is 1. The number of rotatable bonds is 4. The molecule has 28 heavy (non-hydrogen) atoms.